The average molecular weight is 329 g/mol. The van der Waals surface area contributed by atoms with Gasteiger partial charge in [0, 0.05) is 12.8 Å². The number of nitriles is 1. The summed E-state index contributed by atoms with van der Waals surface area (Å²) in [5.41, 5.74) is 1.14. The van der Waals surface area contributed by atoms with Crippen molar-refractivity contribution in [3.05, 3.63) is 16.5 Å². The fourth-order valence-corrected chi connectivity index (χ4v) is 3.22. The Labute approximate surface area is 129 Å². The molecule has 1 heterocycles. The van der Waals surface area contributed by atoms with Crippen LogP contribution in [-0.4, -0.2) is 33.0 Å². The highest BCUT2D eigenvalue weighted by molar-refractivity contribution is 7.90. The molecular formula is C13H19N3O3S2. The lowest BCUT2D eigenvalue weighted by Gasteiger charge is -2.17. The van der Waals surface area contributed by atoms with Crippen LogP contribution in [-0.2, 0) is 15.3 Å². The number of hydrogen-bond acceptors (Lipinski definition) is 5. The van der Waals surface area contributed by atoms with Crippen LogP contribution in [0.2, 0.25) is 0 Å². The van der Waals surface area contributed by atoms with E-state index in [1.807, 2.05) is 26.2 Å². The van der Waals surface area contributed by atoms with E-state index in [1.54, 1.807) is 0 Å². The topological polar surface area (TPSA) is 99.1 Å². The number of carbonyl (C=O) groups is 1. The number of nitrogens with one attached hydrogen (secondary N) is 2. The van der Waals surface area contributed by atoms with Crippen LogP contribution in [0.25, 0.3) is 0 Å². The van der Waals surface area contributed by atoms with Crippen LogP contribution in [0.3, 0.4) is 0 Å². The Balaban J connectivity index is 2.74. The Morgan fingerprint density at radius 2 is 2.05 bits per heavy atom. The number of nitrogens with zero attached hydrogens (tertiary/aromatic N) is 1. The quantitative estimate of drug-likeness (QED) is 0.883. The zero-order valence-corrected chi connectivity index (χ0v) is 14.1. The van der Waals surface area contributed by atoms with Crippen molar-refractivity contribution in [2.75, 3.05) is 23.9 Å². The number of sulfone groups is 1. The molecule has 2 amide bonds. The number of hydrogen-bond donors (Lipinski definition) is 2. The van der Waals surface area contributed by atoms with Gasteiger partial charge in [-0.1, -0.05) is 20.8 Å². The summed E-state index contributed by atoms with van der Waals surface area (Å²) >= 11 is 1.28. The molecular weight excluding hydrogens is 310 g/mol. The first-order valence-corrected chi connectivity index (χ1v) is 9.23. The van der Waals surface area contributed by atoms with Gasteiger partial charge in [-0.05, 0) is 16.4 Å². The molecule has 0 spiro atoms. The second-order valence-electron chi connectivity index (χ2n) is 5.73. The van der Waals surface area contributed by atoms with Gasteiger partial charge in [0.2, 0.25) is 0 Å². The Morgan fingerprint density at radius 1 is 1.43 bits per heavy atom. The first-order chi connectivity index (χ1) is 9.54. The fraction of sp³-hybridized carbons (Fsp3) is 0.538. The minimum absolute atomic E-state index is 0.0318. The van der Waals surface area contributed by atoms with E-state index in [1.165, 1.54) is 11.3 Å². The summed E-state index contributed by atoms with van der Waals surface area (Å²) in [5.74, 6) is -0.122. The van der Waals surface area contributed by atoms with Crippen molar-refractivity contribution in [3.8, 4) is 6.07 Å². The maximum absolute atomic E-state index is 11.7. The molecule has 8 heteroatoms. The molecule has 1 aromatic rings. The highest BCUT2D eigenvalue weighted by Gasteiger charge is 2.23. The molecule has 0 unspecified atom stereocenters. The van der Waals surface area contributed by atoms with Gasteiger partial charge in [0.25, 0.3) is 0 Å². The predicted octanol–water partition coefficient (Wildman–Crippen LogP) is 2.08. The molecule has 1 rings (SSSR count). The third kappa shape index (κ3) is 5.36. The van der Waals surface area contributed by atoms with E-state index in [-0.39, 0.29) is 17.7 Å². The van der Waals surface area contributed by atoms with Gasteiger partial charge in [-0.2, -0.15) is 5.26 Å². The third-order valence-electron chi connectivity index (χ3n) is 2.70. The summed E-state index contributed by atoms with van der Waals surface area (Å²) in [7, 11) is -3.11. The lowest BCUT2D eigenvalue weighted by atomic mass is 9.86. The van der Waals surface area contributed by atoms with Gasteiger partial charge in [-0.3, -0.25) is 5.32 Å². The first-order valence-electron chi connectivity index (χ1n) is 6.29. The summed E-state index contributed by atoms with van der Waals surface area (Å²) in [6.45, 7) is 6.01. The predicted molar refractivity (Wildman–Crippen MR) is 84.5 cm³/mol. The molecule has 1 aromatic heterocycles. The van der Waals surface area contributed by atoms with Gasteiger partial charge in [0.15, 0.2) is 0 Å². The molecule has 6 nitrogen and oxygen atoms in total. The first kappa shape index (κ1) is 17.5. The van der Waals surface area contributed by atoms with Gasteiger partial charge in [0.05, 0.1) is 11.3 Å². The molecule has 0 aliphatic carbocycles. The number of rotatable bonds is 4. The standard InChI is InChI=1S/C13H19N3O3S2/c1-13(2,3)10-8-20-11(9(10)7-14)16-12(17)15-5-6-21(4,18)19/h8H,5-6H2,1-4H3,(H2,15,16,17). The lowest BCUT2D eigenvalue weighted by molar-refractivity contribution is 0.252. The van der Waals surface area contributed by atoms with E-state index in [0.717, 1.165) is 11.8 Å². The maximum Gasteiger partial charge on any atom is 0.319 e. The Morgan fingerprint density at radius 3 is 2.52 bits per heavy atom. The molecule has 0 radical (unpaired) electrons. The zero-order chi connectivity index (χ0) is 16.3. The van der Waals surface area contributed by atoms with Crippen molar-refractivity contribution in [3.63, 3.8) is 0 Å². The fourth-order valence-electron chi connectivity index (χ4n) is 1.61. The van der Waals surface area contributed by atoms with E-state index in [2.05, 4.69) is 16.7 Å². The highest BCUT2D eigenvalue weighted by Crippen LogP contribution is 2.35. The maximum atomic E-state index is 11.7. The number of amides is 2. The summed E-state index contributed by atoms with van der Waals surface area (Å²) in [6, 6.07) is 1.59. The zero-order valence-electron chi connectivity index (χ0n) is 12.5. The van der Waals surface area contributed by atoms with Gasteiger partial charge in [0.1, 0.15) is 20.9 Å². The monoisotopic (exact) mass is 329 g/mol. The van der Waals surface area contributed by atoms with Crippen molar-refractivity contribution < 1.29 is 13.2 Å². The molecule has 0 bridgehead atoms. The summed E-state index contributed by atoms with van der Waals surface area (Å²) in [4.78, 5) is 11.7. The van der Waals surface area contributed by atoms with Crippen molar-refractivity contribution >= 4 is 32.2 Å². The minimum atomic E-state index is -3.11. The Bertz CT molecular complexity index is 664. The molecule has 0 aliphatic heterocycles. The molecule has 21 heavy (non-hydrogen) atoms. The van der Waals surface area contributed by atoms with Crippen LogP contribution in [0.15, 0.2) is 5.38 Å². The van der Waals surface area contributed by atoms with Crippen LogP contribution in [0.1, 0.15) is 31.9 Å². The average Bonchev–Trinajstić information content (AvgIpc) is 2.69. The van der Waals surface area contributed by atoms with E-state index in [0.29, 0.717) is 10.6 Å². The van der Waals surface area contributed by atoms with Crippen molar-refractivity contribution in [1.29, 1.82) is 5.26 Å². The van der Waals surface area contributed by atoms with Crippen molar-refractivity contribution in [1.82, 2.24) is 5.32 Å². The van der Waals surface area contributed by atoms with Gasteiger partial charge in [-0.25, -0.2) is 13.2 Å². The highest BCUT2D eigenvalue weighted by atomic mass is 32.2. The summed E-state index contributed by atoms with van der Waals surface area (Å²) < 4.78 is 21.9. The van der Waals surface area contributed by atoms with Gasteiger partial charge >= 0.3 is 6.03 Å². The SMILES string of the molecule is CC(C)(C)c1csc(NC(=O)NCCS(C)(=O)=O)c1C#N. The number of anilines is 1. The smallest absolute Gasteiger partial charge is 0.319 e. The van der Waals surface area contributed by atoms with Crippen LogP contribution in [0, 0.1) is 11.3 Å². The van der Waals surface area contributed by atoms with Crippen LogP contribution in [0.4, 0.5) is 9.80 Å². The molecule has 0 saturated heterocycles. The number of thiophene rings is 1. The molecule has 0 fully saturated rings. The minimum Gasteiger partial charge on any atom is -0.337 e. The molecule has 0 aliphatic rings. The van der Waals surface area contributed by atoms with Gasteiger partial charge < -0.3 is 5.32 Å². The summed E-state index contributed by atoms with van der Waals surface area (Å²) in [5, 5.41) is 16.6. The second-order valence-corrected chi connectivity index (χ2v) is 8.87. The molecule has 0 saturated carbocycles. The molecule has 0 aromatic carbocycles. The van der Waals surface area contributed by atoms with Crippen molar-refractivity contribution in [2.24, 2.45) is 0 Å². The van der Waals surface area contributed by atoms with Crippen molar-refractivity contribution in [2.45, 2.75) is 26.2 Å². The molecule has 116 valence electrons. The van der Waals surface area contributed by atoms with E-state index in [9.17, 15) is 18.5 Å². The van der Waals surface area contributed by atoms with Crippen LogP contribution < -0.4 is 10.6 Å². The lowest BCUT2D eigenvalue weighted by Crippen LogP contribution is -2.32. The van der Waals surface area contributed by atoms with E-state index < -0.39 is 15.9 Å². The van der Waals surface area contributed by atoms with Gasteiger partial charge in [-0.15, -0.1) is 11.3 Å². The normalized spacial score (nSPS) is 11.8. The largest absolute Gasteiger partial charge is 0.337 e. The van der Waals surface area contributed by atoms with Crippen LogP contribution in [0.5, 0.6) is 0 Å². The Hall–Kier alpha value is -1.59. The number of urea groups is 1. The van der Waals surface area contributed by atoms with E-state index in [4.69, 9.17) is 0 Å². The molecule has 0 atom stereocenters. The molecule has 2 N–H and O–H groups in total. The second kappa shape index (κ2) is 6.45. The third-order valence-corrected chi connectivity index (χ3v) is 4.54. The number of carbonyl (C=O) groups excluding carboxylic acids is 1. The summed E-state index contributed by atoms with van der Waals surface area (Å²) in [6.07, 6.45) is 1.11. The van der Waals surface area contributed by atoms with E-state index >= 15 is 0 Å². The van der Waals surface area contributed by atoms with Crippen LogP contribution >= 0.6 is 11.3 Å². The Kier molecular flexibility index (Phi) is 5.36.